The molecule has 14 heavy (non-hydrogen) atoms. The molecule has 0 rings (SSSR count). The molecule has 6 heteroatoms. The molecule has 0 saturated heterocycles. The van der Waals surface area contributed by atoms with Gasteiger partial charge in [0.15, 0.2) is 0 Å². The van der Waals surface area contributed by atoms with Gasteiger partial charge in [0.25, 0.3) is 0 Å². The van der Waals surface area contributed by atoms with Crippen molar-refractivity contribution in [1.82, 2.24) is 9.62 Å². The van der Waals surface area contributed by atoms with Crippen LogP contribution in [0.5, 0.6) is 0 Å². The number of nitrogens with one attached hydrogen (secondary N) is 1. The van der Waals surface area contributed by atoms with Crippen molar-refractivity contribution in [3.8, 4) is 0 Å². The molecule has 5 nitrogen and oxygen atoms in total. The number of hydrogen-bond acceptors (Lipinski definition) is 4. The third kappa shape index (κ3) is 7.25. The molecule has 0 saturated carbocycles. The number of aliphatic hydroxyl groups is 1. The predicted molar refractivity (Wildman–Crippen MR) is 56.6 cm³/mol. The van der Waals surface area contributed by atoms with E-state index in [9.17, 15) is 8.42 Å². The molecule has 2 N–H and O–H groups in total. The van der Waals surface area contributed by atoms with Gasteiger partial charge in [-0.3, -0.25) is 0 Å². The second kappa shape index (κ2) is 6.34. The molecule has 0 aromatic heterocycles. The number of likely N-dealkylation sites (N-methyl/N-ethyl adjacent to an activating group) is 1. The summed E-state index contributed by atoms with van der Waals surface area (Å²) in [5, 5.41) is 8.84. The topological polar surface area (TPSA) is 69.6 Å². The molecule has 1 unspecified atom stereocenters. The summed E-state index contributed by atoms with van der Waals surface area (Å²) in [6.07, 6.45) is 1.89. The van der Waals surface area contributed by atoms with Gasteiger partial charge in [0.2, 0.25) is 10.0 Å². The van der Waals surface area contributed by atoms with Crippen LogP contribution < -0.4 is 4.72 Å². The van der Waals surface area contributed by atoms with Crippen LogP contribution in [0.2, 0.25) is 0 Å². The summed E-state index contributed by atoms with van der Waals surface area (Å²) in [6, 6.07) is 0.119. The van der Waals surface area contributed by atoms with Crippen LogP contribution in [-0.4, -0.2) is 57.5 Å². The van der Waals surface area contributed by atoms with E-state index in [0.29, 0.717) is 6.54 Å². The van der Waals surface area contributed by atoms with Crippen LogP contribution in [0.15, 0.2) is 0 Å². The van der Waals surface area contributed by atoms with E-state index in [2.05, 4.69) is 4.72 Å². The molecule has 0 aromatic carbocycles. The lowest BCUT2D eigenvalue weighted by atomic mass is 10.3. The summed E-state index contributed by atoms with van der Waals surface area (Å²) in [7, 11) is -1.16. The molecule has 0 aliphatic heterocycles. The van der Waals surface area contributed by atoms with Crippen molar-refractivity contribution < 1.29 is 13.5 Å². The van der Waals surface area contributed by atoms with E-state index < -0.39 is 10.0 Å². The first-order valence-electron chi connectivity index (χ1n) is 4.62. The number of rotatable bonds is 7. The minimum Gasteiger partial charge on any atom is -0.395 e. The Bertz CT molecular complexity index is 241. The smallest absolute Gasteiger partial charge is 0.208 e. The van der Waals surface area contributed by atoms with Gasteiger partial charge in [-0.15, -0.1) is 0 Å². The molecule has 0 heterocycles. The van der Waals surface area contributed by atoms with E-state index in [4.69, 9.17) is 5.11 Å². The van der Waals surface area contributed by atoms with Gasteiger partial charge in [0.05, 0.1) is 12.9 Å². The highest BCUT2D eigenvalue weighted by molar-refractivity contribution is 7.88. The van der Waals surface area contributed by atoms with E-state index in [1.165, 1.54) is 0 Å². The summed E-state index contributed by atoms with van der Waals surface area (Å²) in [6.45, 7) is 3.26. The highest BCUT2D eigenvalue weighted by Gasteiger charge is 2.07. The van der Waals surface area contributed by atoms with E-state index in [-0.39, 0.29) is 12.6 Å². The molecule has 1 atom stereocenters. The van der Waals surface area contributed by atoms with Crippen molar-refractivity contribution in [2.24, 2.45) is 0 Å². The third-order valence-electron chi connectivity index (χ3n) is 2.07. The van der Waals surface area contributed by atoms with Crippen molar-refractivity contribution in [2.45, 2.75) is 19.4 Å². The van der Waals surface area contributed by atoms with E-state index in [0.717, 1.165) is 19.2 Å². The Balaban J connectivity index is 3.55. The molecule has 0 aromatic rings. The van der Waals surface area contributed by atoms with Gasteiger partial charge >= 0.3 is 0 Å². The predicted octanol–water partition coefficient (Wildman–Crippen LogP) is -0.762. The Morgan fingerprint density at radius 2 is 2.07 bits per heavy atom. The van der Waals surface area contributed by atoms with Gasteiger partial charge in [-0.2, -0.15) is 0 Å². The van der Waals surface area contributed by atoms with Gasteiger partial charge in [-0.05, 0) is 26.9 Å². The van der Waals surface area contributed by atoms with Gasteiger partial charge in [0, 0.05) is 12.6 Å². The van der Waals surface area contributed by atoms with Crippen LogP contribution >= 0.6 is 0 Å². The average molecular weight is 224 g/mol. The standard InChI is InChI=1S/C8H20N2O3S/c1-8(7-11)10(2)6-4-5-9-14(3,12)13/h8-9,11H,4-7H2,1-3H3. The largest absolute Gasteiger partial charge is 0.395 e. The summed E-state index contributed by atoms with van der Waals surface area (Å²) in [5.41, 5.74) is 0. The maximum absolute atomic E-state index is 10.7. The molecule has 0 amide bonds. The fraction of sp³-hybridized carbons (Fsp3) is 1.00. The second-order valence-electron chi connectivity index (χ2n) is 3.53. The Kier molecular flexibility index (Phi) is 6.26. The van der Waals surface area contributed by atoms with E-state index >= 15 is 0 Å². The first kappa shape index (κ1) is 13.8. The van der Waals surface area contributed by atoms with Gasteiger partial charge in [-0.25, -0.2) is 13.1 Å². The summed E-state index contributed by atoms with van der Waals surface area (Å²) in [4.78, 5) is 1.99. The summed E-state index contributed by atoms with van der Waals surface area (Å²) < 4.78 is 23.8. The zero-order chi connectivity index (χ0) is 11.2. The number of sulfonamides is 1. The van der Waals surface area contributed by atoms with Crippen molar-refractivity contribution in [1.29, 1.82) is 0 Å². The number of aliphatic hydroxyl groups excluding tert-OH is 1. The maximum atomic E-state index is 10.7. The SMILES string of the molecule is CC(CO)N(C)CCCNS(C)(=O)=O. The normalized spacial score (nSPS) is 14.6. The highest BCUT2D eigenvalue weighted by atomic mass is 32.2. The summed E-state index contributed by atoms with van der Waals surface area (Å²) >= 11 is 0. The monoisotopic (exact) mass is 224 g/mol. The second-order valence-corrected chi connectivity index (χ2v) is 5.37. The highest BCUT2D eigenvalue weighted by Crippen LogP contribution is 1.95. The van der Waals surface area contributed by atoms with Crippen LogP contribution in [0.4, 0.5) is 0 Å². The molecule has 0 bridgehead atoms. The zero-order valence-corrected chi connectivity index (χ0v) is 9.84. The Morgan fingerprint density at radius 3 is 2.50 bits per heavy atom. The van der Waals surface area contributed by atoms with Crippen LogP contribution in [0.1, 0.15) is 13.3 Å². The lowest BCUT2D eigenvalue weighted by Crippen LogP contribution is -2.34. The molecule has 0 radical (unpaired) electrons. The molecule has 0 aliphatic carbocycles. The average Bonchev–Trinajstić information content (AvgIpc) is 2.09. The first-order valence-corrected chi connectivity index (χ1v) is 6.51. The van der Waals surface area contributed by atoms with E-state index in [1.807, 2.05) is 18.9 Å². The van der Waals surface area contributed by atoms with Crippen LogP contribution in [0, 0.1) is 0 Å². The minimum absolute atomic E-state index is 0.119. The van der Waals surface area contributed by atoms with Gasteiger partial charge in [-0.1, -0.05) is 0 Å². The molecular weight excluding hydrogens is 204 g/mol. The molecule has 86 valence electrons. The Hall–Kier alpha value is -0.170. The van der Waals surface area contributed by atoms with Crippen molar-refractivity contribution in [2.75, 3.05) is 33.0 Å². The van der Waals surface area contributed by atoms with Gasteiger partial charge < -0.3 is 10.0 Å². The van der Waals surface area contributed by atoms with Crippen molar-refractivity contribution in [3.05, 3.63) is 0 Å². The minimum atomic E-state index is -3.07. The molecule has 0 spiro atoms. The lowest BCUT2D eigenvalue weighted by Gasteiger charge is -2.22. The zero-order valence-electron chi connectivity index (χ0n) is 9.02. The van der Waals surface area contributed by atoms with Crippen LogP contribution in [0.25, 0.3) is 0 Å². The fourth-order valence-electron chi connectivity index (χ4n) is 0.946. The molecule has 0 aliphatic rings. The van der Waals surface area contributed by atoms with Gasteiger partial charge in [0.1, 0.15) is 0 Å². The Morgan fingerprint density at radius 1 is 1.50 bits per heavy atom. The van der Waals surface area contributed by atoms with Crippen molar-refractivity contribution >= 4 is 10.0 Å². The Labute approximate surface area is 86.2 Å². The lowest BCUT2D eigenvalue weighted by molar-refractivity contribution is 0.158. The molecule has 0 fully saturated rings. The third-order valence-corrected chi connectivity index (χ3v) is 2.80. The van der Waals surface area contributed by atoms with Crippen molar-refractivity contribution in [3.63, 3.8) is 0 Å². The molecular formula is C8H20N2O3S. The number of nitrogens with zero attached hydrogens (tertiary/aromatic N) is 1. The quantitative estimate of drug-likeness (QED) is 0.558. The fourth-order valence-corrected chi connectivity index (χ4v) is 1.46. The van der Waals surface area contributed by atoms with Crippen LogP contribution in [-0.2, 0) is 10.0 Å². The van der Waals surface area contributed by atoms with E-state index in [1.54, 1.807) is 0 Å². The number of hydrogen-bond donors (Lipinski definition) is 2. The first-order chi connectivity index (χ1) is 6.37. The summed E-state index contributed by atoms with van der Waals surface area (Å²) in [5.74, 6) is 0. The van der Waals surface area contributed by atoms with Crippen LogP contribution in [0.3, 0.4) is 0 Å². The maximum Gasteiger partial charge on any atom is 0.208 e.